The van der Waals surface area contributed by atoms with Crippen molar-refractivity contribution >= 4 is 148 Å². The van der Waals surface area contributed by atoms with E-state index in [0.717, 1.165) is 11.3 Å². The Kier molecular flexibility index (Phi) is 50.3. The van der Waals surface area contributed by atoms with Crippen molar-refractivity contribution in [3.8, 4) is 5.75 Å². The standard InChI is InChI=1S/C97H144N24O27S/c1-51(2)36-63(106-77(127)44-104-93(145)75-25-16-34-120(75)95(147)62-24-15-32-101-62)83(135)108-60(22-12-13-31-98)81(133)107-61(23-14-33-102-97(99)100)82(134)111-66(39-54-18-8-7-9-19-54)85(137)116-72(48-124)91(143)119-74(50-149)92(144)109-64(37-52(3)4)84(136)115-71(47-123)89(141)114-69(38-53(5)6)96(148)121-35-17-26-76(121)94(146)118-73(49-125)90(142)117-70(46-122)88(140)112-67(41-56-43-103-59-21-11-10-20-58(56)59)86(138)113-68(42-78(128)129)87(139)110-65(80(132)105-45-79(130)131)40-55-27-29-57(126)30-28-55/h7-11,18-21,27-30,43,51-53,60-76,101,103,122-126,149H,12-17,22-26,31-42,44-50,98H2,1-6H3,(H,104,145)(H,105,132)(H,106,127)(H,107,133)(H,108,135)(H,109,144)(H,110,139)(H,111,134)(H,112,140)(H,113,138)(H,114,141)(H,115,136)(H,116,137)(H,117,142)(H,118,146)(H,119,143)(H,128,129)(H,130,131)(H4,99,100,102)/t60-,61-,62-,63-,64-,65-,66-,67-,68-,69-,70-,71-,72-,73-,74-,75-,76-/m0/s1. The fourth-order valence-electron chi connectivity index (χ4n) is 17.1. The zero-order chi connectivity index (χ0) is 110. The molecule has 149 heavy (non-hydrogen) atoms. The van der Waals surface area contributed by atoms with E-state index in [0.29, 0.717) is 66.4 Å². The summed E-state index contributed by atoms with van der Waals surface area (Å²) < 4.78 is 0. The Labute approximate surface area is 865 Å². The first-order chi connectivity index (χ1) is 70.9. The van der Waals surface area contributed by atoms with Crippen molar-refractivity contribution < 1.29 is 132 Å². The zero-order valence-corrected chi connectivity index (χ0v) is 85.0. The molecule has 0 saturated carbocycles. The van der Waals surface area contributed by atoms with Crippen LogP contribution in [-0.2, 0) is 115 Å². The molecule has 820 valence electrons. The summed E-state index contributed by atoms with van der Waals surface area (Å²) in [6, 6.07) is -5.98. The van der Waals surface area contributed by atoms with Gasteiger partial charge >= 0.3 is 11.9 Å². The van der Waals surface area contributed by atoms with Crippen molar-refractivity contribution in [1.29, 1.82) is 5.41 Å². The molecule has 3 fully saturated rings. The van der Waals surface area contributed by atoms with Gasteiger partial charge in [0.25, 0.3) is 0 Å². The molecule has 0 radical (unpaired) electrons. The number of fused-ring (bicyclic) bond motifs is 1. The van der Waals surface area contributed by atoms with Crippen LogP contribution in [0.15, 0.2) is 85.1 Å². The van der Waals surface area contributed by atoms with E-state index in [2.05, 4.69) is 113 Å². The number of rotatable bonds is 62. The number of thiol groups is 1. The summed E-state index contributed by atoms with van der Waals surface area (Å²) >= 11 is 4.29. The number of aliphatic hydroxyl groups excluding tert-OH is 4. The van der Waals surface area contributed by atoms with Crippen LogP contribution in [0.3, 0.4) is 0 Å². The van der Waals surface area contributed by atoms with Crippen molar-refractivity contribution in [2.75, 3.05) is 78.0 Å². The summed E-state index contributed by atoms with van der Waals surface area (Å²) in [6.45, 7) is 5.37. The SMILES string of the molecule is CC(C)C[C@H](NC(=O)CNC(=O)[C@@H]1CCCN1C(=O)[C@@H]1CCCN1)C(=O)N[C@@H](CCCCN)C(=O)N[C@@H](CCCNC(=N)N)C(=O)N[C@@H](Cc1ccccc1)C(=O)N[C@@H](CO)C(=O)N[C@@H](CS)C(=O)N[C@@H](CC(C)C)C(=O)N[C@@H](CO)C(=O)N[C@@H](CC(C)C)C(=O)N1CCC[C@H]1C(=O)N[C@@H](CO)C(=O)N[C@@H](CO)C(=O)N[C@@H](Cc1c[nH]c2ccccc12)C(=O)N[C@@H](CC(=O)O)C(=O)N[C@@H](Cc1ccc(O)cc1)C(=O)NCC(=O)O. The number of para-hydroxylation sites is 1. The maximum Gasteiger partial charge on any atom is 0.322 e. The fourth-order valence-corrected chi connectivity index (χ4v) is 17.4. The number of likely N-dealkylation sites (tertiary alicyclic amines) is 2. The molecule has 3 aromatic carbocycles. The van der Waals surface area contributed by atoms with Crippen LogP contribution in [0.5, 0.6) is 5.75 Å². The molecule has 31 N–H and O–H groups in total. The number of benzene rings is 3. The number of aromatic amines is 1. The molecule has 3 aliphatic rings. The van der Waals surface area contributed by atoms with Crippen LogP contribution in [-0.4, -0.2) is 355 Å². The van der Waals surface area contributed by atoms with Crippen LogP contribution in [0.25, 0.3) is 10.9 Å². The number of aromatic hydroxyl groups is 1. The second-order valence-corrected chi connectivity index (χ2v) is 38.4. The van der Waals surface area contributed by atoms with Gasteiger partial charge in [-0.1, -0.05) is 102 Å². The maximum atomic E-state index is 14.8. The first-order valence-corrected chi connectivity index (χ1v) is 50.3. The molecule has 4 aromatic rings. The number of carboxylic acids is 2. The van der Waals surface area contributed by atoms with E-state index in [-0.39, 0.29) is 114 Å². The monoisotopic (exact) mass is 2110 g/mol. The van der Waals surface area contributed by atoms with Gasteiger partial charge in [0, 0.05) is 61.7 Å². The summed E-state index contributed by atoms with van der Waals surface area (Å²) in [5.41, 5.74) is 13.2. The summed E-state index contributed by atoms with van der Waals surface area (Å²) in [5.74, 6) is -22.8. The lowest BCUT2D eigenvalue weighted by Gasteiger charge is -2.31. The number of phenols is 1. The number of carbonyl (C=O) groups excluding carboxylic acids is 18. The number of guanidine groups is 1. The van der Waals surface area contributed by atoms with Gasteiger partial charge in [0.15, 0.2) is 5.96 Å². The molecular formula is C97H144N24O27S. The van der Waals surface area contributed by atoms with Crippen LogP contribution < -0.4 is 107 Å². The van der Waals surface area contributed by atoms with E-state index in [1.807, 2.05) is 0 Å². The second-order valence-electron chi connectivity index (χ2n) is 38.1. The van der Waals surface area contributed by atoms with E-state index in [9.17, 15) is 132 Å². The number of aromatic nitrogens is 1. The van der Waals surface area contributed by atoms with Crippen LogP contribution >= 0.6 is 12.6 Å². The fraction of sp³-hybridized carbons (Fsp3) is 0.577. The lowest BCUT2D eigenvalue weighted by molar-refractivity contribution is -0.143. The molecule has 1 aromatic heterocycles. The minimum Gasteiger partial charge on any atom is -0.508 e. The number of carboxylic acid groups (broad SMARTS) is 2. The van der Waals surface area contributed by atoms with Crippen molar-refractivity contribution in [2.45, 2.75) is 260 Å². The number of unbranched alkanes of at least 4 members (excludes halogenated alkanes) is 1. The molecular weight excluding hydrogens is 1970 g/mol. The van der Waals surface area contributed by atoms with Crippen LogP contribution in [0.2, 0.25) is 0 Å². The number of hydrogen-bond donors (Lipinski definition) is 30. The molecule has 3 saturated heterocycles. The normalized spacial score (nSPS) is 17.1. The Hall–Kier alpha value is -14.2. The molecule has 4 heterocycles. The van der Waals surface area contributed by atoms with Gasteiger partial charge in [-0.2, -0.15) is 12.6 Å². The topological polar surface area (TPSA) is 798 Å². The number of phenolic OH excluding ortho intramolecular Hbond substituents is 1. The smallest absolute Gasteiger partial charge is 0.322 e. The highest BCUT2D eigenvalue weighted by atomic mass is 32.1. The maximum absolute atomic E-state index is 14.8. The first-order valence-electron chi connectivity index (χ1n) is 49.7. The third-order valence-corrected chi connectivity index (χ3v) is 25.2. The molecule has 0 aliphatic carbocycles. The Balaban J connectivity index is 0.987. The number of carbonyl (C=O) groups is 20. The minimum absolute atomic E-state index is 0.00868. The van der Waals surface area contributed by atoms with E-state index in [4.69, 9.17) is 16.9 Å². The molecule has 0 unspecified atom stereocenters. The molecule has 7 rings (SSSR count). The number of nitrogens with zero attached hydrogens (tertiary/aromatic N) is 2. The number of aliphatic carboxylic acids is 2. The minimum atomic E-state index is -2.01. The molecule has 51 nitrogen and oxygen atoms in total. The zero-order valence-electron chi connectivity index (χ0n) is 84.1. The summed E-state index contributed by atoms with van der Waals surface area (Å²) in [6.07, 6.45) is 2.14. The molecule has 18 amide bonds. The highest BCUT2D eigenvalue weighted by molar-refractivity contribution is 7.80. The van der Waals surface area contributed by atoms with Crippen LogP contribution in [0.1, 0.15) is 155 Å². The van der Waals surface area contributed by atoms with E-state index >= 15 is 0 Å². The molecule has 0 bridgehead atoms. The Morgan fingerprint density at radius 2 is 0.846 bits per heavy atom. The van der Waals surface area contributed by atoms with Gasteiger partial charge in [0.2, 0.25) is 106 Å². The molecule has 17 atom stereocenters. The highest BCUT2D eigenvalue weighted by Gasteiger charge is 2.45. The second kappa shape index (κ2) is 61.5. The van der Waals surface area contributed by atoms with Gasteiger partial charge in [-0.15, -0.1) is 0 Å². The molecule has 0 spiro atoms. The van der Waals surface area contributed by atoms with Crippen LogP contribution in [0.4, 0.5) is 0 Å². The number of aliphatic hydroxyl groups is 4. The predicted molar refractivity (Wildman–Crippen MR) is 540 cm³/mol. The summed E-state index contributed by atoms with van der Waals surface area (Å²) in [5, 5.41) is 125. The summed E-state index contributed by atoms with van der Waals surface area (Å²) in [4.78, 5) is 285. The quantitative estimate of drug-likeness (QED) is 0.00845. The predicted octanol–water partition coefficient (Wildman–Crippen LogP) is -7.36. The van der Waals surface area contributed by atoms with Gasteiger partial charge in [-0.25, -0.2) is 0 Å². The molecule has 3 aliphatic heterocycles. The third kappa shape index (κ3) is 39.4. The van der Waals surface area contributed by atoms with Crippen molar-refractivity contribution in [3.05, 3.63) is 102 Å². The molecule has 52 heteroatoms. The Morgan fingerprint density at radius 3 is 1.36 bits per heavy atom. The lowest BCUT2D eigenvalue weighted by Crippen LogP contribution is -2.62. The summed E-state index contributed by atoms with van der Waals surface area (Å²) in [7, 11) is 0. The third-order valence-electron chi connectivity index (χ3n) is 24.8. The number of nitrogens with two attached hydrogens (primary N) is 2. The number of hydrogen-bond acceptors (Lipinski definition) is 29. The van der Waals surface area contributed by atoms with Crippen molar-refractivity contribution in [1.82, 2.24) is 110 Å². The number of amides is 18. The van der Waals surface area contributed by atoms with Gasteiger partial charge in [-0.3, -0.25) is 101 Å². The van der Waals surface area contributed by atoms with Gasteiger partial charge < -0.3 is 158 Å². The van der Waals surface area contributed by atoms with Gasteiger partial charge in [-0.05, 0) is 156 Å². The van der Waals surface area contributed by atoms with Crippen molar-refractivity contribution in [3.63, 3.8) is 0 Å². The average molecular weight is 2110 g/mol. The van der Waals surface area contributed by atoms with Crippen molar-refractivity contribution in [2.24, 2.45) is 29.2 Å². The van der Waals surface area contributed by atoms with E-state index in [1.54, 1.807) is 96.1 Å². The number of nitrogens with one attached hydrogen (secondary N) is 20. The van der Waals surface area contributed by atoms with Gasteiger partial charge in [0.05, 0.1) is 45.4 Å². The highest BCUT2D eigenvalue weighted by Crippen LogP contribution is 2.26. The number of H-pyrrole nitrogens is 1. The van der Waals surface area contributed by atoms with E-state index < -0.39 is 285 Å². The average Bonchev–Trinajstić information content (AvgIpc) is 1.71. The largest absolute Gasteiger partial charge is 0.508 e. The van der Waals surface area contributed by atoms with Crippen LogP contribution in [0, 0.1) is 23.2 Å². The Bertz CT molecular complexity index is 5270. The Morgan fingerprint density at radius 1 is 0.423 bits per heavy atom. The van der Waals surface area contributed by atoms with E-state index in [1.165, 1.54) is 35.4 Å². The first kappa shape index (κ1) is 122. The van der Waals surface area contributed by atoms with Gasteiger partial charge in [0.1, 0.15) is 109 Å². The lowest BCUT2D eigenvalue weighted by atomic mass is 10.0.